The third-order valence-electron chi connectivity index (χ3n) is 5.17. The van der Waals surface area contributed by atoms with Gasteiger partial charge in [0.25, 0.3) is 0 Å². The smallest absolute Gasteiger partial charge is 0.416 e. The number of alkyl halides is 3. The first-order chi connectivity index (χ1) is 16.8. The van der Waals surface area contributed by atoms with Gasteiger partial charge in [-0.25, -0.2) is 4.79 Å². The summed E-state index contributed by atoms with van der Waals surface area (Å²) in [5.41, 5.74) is -0.585. The van der Waals surface area contributed by atoms with E-state index < -0.39 is 17.7 Å². The number of hydrogen-bond donors (Lipinski definition) is 1. The zero-order chi connectivity index (χ0) is 25.0. The van der Waals surface area contributed by atoms with E-state index in [-0.39, 0.29) is 35.1 Å². The van der Waals surface area contributed by atoms with Crippen molar-refractivity contribution >= 4 is 28.6 Å². The summed E-state index contributed by atoms with van der Waals surface area (Å²) in [5.74, 6) is -0.601. The summed E-state index contributed by atoms with van der Waals surface area (Å²) < 4.78 is 51.1. The number of phenols is 1. The Morgan fingerprint density at radius 2 is 1.71 bits per heavy atom. The van der Waals surface area contributed by atoms with Crippen LogP contribution in [0.2, 0.25) is 0 Å². The van der Waals surface area contributed by atoms with Crippen LogP contribution in [0.25, 0.3) is 10.8 Å². The number of aliphatic imine (C=N–C) groups is 1. The van der Waals surface area contributed by atoms with Gasteiger partial charge in [0.1, 0.15) is 22.7 Å². The van der Waals surface area contributed by atoms with Crippen molar-refractivity contribution in [2.45, 2.75) is 13.1 Å². The molecular formula is C27H20F3NO4. The molecule has 0 unspecified atom stereocenters. The van der Waals surface area contributed by atoms with Crippen LogP contribution in [0.1, 0.15) is 28.4 Å². The van der Waals surface area contributed by atoms with Gasteiger partial charge in [-0.3, -0.25) is 4.99 Å². The maximum atomic E-state index is 13.4. The molecular weight excluding hydrogens is 459 g/mol. The minimum Gasteiger partial charge on any atom is -0.507 e. The summed E-state index contributed by atoms with van der Waals surface area (Å²) in [7, 11) is 0. The molecule has 35 heavy (non-hydrogen) atoms. The van der Waals surface area contributed by atoms with E-state index in [1.165, 1.54) is 24.4 Å². The van der Waals surface area contributed by atoms with Crippen LogP contribution < -0.4 is 4.74 Å². The Morgan fingerprint density at radius 3 is 2.49 bits per heavy atom. The number of rotatable bonds is 6. The van der Waals surface area contributed by atoms with E-state index in [4.69, 9.17) is 9.47 Å². The number of nitrogens with zero attached hydrogens (tertiary/aromatic N) is 1. The molecule has 0 atom stereocenters. The highest BCUT2D eigenvalue weighted by atomic mass is 19.4. The van der Waals surface area contributed by atoms with Crippen molar-refractivity contribution in [3.63, 3.8) is 0 Å². The topological polar surface area (TPSA) is 68.1 Å². The van der Waals surface area contributed by atoms with Crippen LogP contribution in [0.3, 0.4) is 0 Å². The molecule has 1 N–H and O–H groups in total. The molecule has 0 fully saturated rings. The summed E-state index contributed by atoms with van der Waals surface area (Å²) in [6, 6.07) is 19.6. The zero-order valence-electron chi connectivity index (χ0n) is 18.5. The van der Waals surface area contributed by atoms with Gasteiger partial charge in [-0.2, -0.15) is 13.2 Å². The standard InChI is InChI=1S/C27H20F3NO4/c1-2-34-26(33)20-9-5-6-10-24(20)35-25-14-12-18(27(28,29)30)15-22(25)31-16-21-19-8-4-3-7-17(19)11-13-23(21)32/h3-16,32H,2H2,1H3. The quantitative estimate of drug-likeness (QED) is 0.233. The maximum absolute atomic E-state index is 13.4. The minimum atomic E-state index is -4.60. The molecule has 4 aromatic carbocycles. The summed E-state index contributed by atoms with van der Waals surface area (Å²) in [5, 5.41) is 11.9. The molecule has 5 nitrogen and oxygen atoms in total. The van der Waals surface area contributed by atoms with Crippen LogP contribution in [0, 0.1) is 0 Å². The van der Waals surface area contributed by atoms with Crippen LogP contribution in [-0.2, 0) is 10.9 Å². The summed E-state index contributed by atoms with van der Waals surface area (Å²) in [6.07, 6.45) is -3.31. The van der Waals surface area contributed by atoms with Crippen LogP contribution in [-0.4, -0.2) is 23.9 Å². The van der Waals surface area contributed by atoms with Crippen LogP contribution >= 0.6 is 0 Å². The average molecular weight is 479 g/mol. The molecule has 0 aromatic heterocycles. The highest BCUT2D eigenvalue weighted by Crippen LogP contribution is 2.39. The van der Waals surface area contributed by atoms with Crippen LogP contribution in [0.5, 0.6) is 17.2 Å². The average Bonchev–Trinajstić information content (AvgIpc) is 2.84. The van der Waals surface area contributed by atoms with Crippen molar-refractivity contribution in [3.8, 4) is 17.2 Å². The van der Waals surface area contributed by atoms with Crippen molar-refractivity contribution in [3.05, 3.63) is 95.6 Å². The molecule has 0 amide bonds. The Bertz CT molecular complexity index is 1410. The molecule has 0 saturated carbocycles. The third kappa shape index (κ3) is 5.27. The summed E-state index contributed by atoms with van der Waals surface area (Å²) >= 11 is 0. The van der Waals surface area contributed by atoms with E-state index in [1.807, 2.05) is 12.1 Å². The largest absolute Gasteiger partial charge is 0.507 e. The Morgan fingerprint density at radius 1 is 0.971 bits per heavy atom. The second-order valence-electron chi connectivity index (χ2n) is 7.48. The van der Waals surface area contributed by atoms with Crippen molar-refractivity contribution in [2.75, 3.05) is 6.61 Å². The van der Waals surface area contributed by atoms with Crippen molar-refractivity contribution in [1.82, 2.24) is 0 Å². The molecule has 4 aromatic rings. The molecule has 4 rings (SSSR count). The first-order valence-corrected chi connectivity index (χ1v) is 10.7. The molecule has 0 aliphatic rings. The Balaban J connectivity index is 1.79. The number of para-hydroxylation sites is 1. The molecule has 0 radical (unpaired) electrons. The lowest BCUT2D eigenvalue weighted by molar-refractivity contribution is -0.137. The predicted octanol–water partition coefficient (Wildman–Crippen LogP) is 7.28. The highest BCUT2D eigenvalue weighted by molar-refractivity contribution is 6.03. The molecule has 0 heterocycles. The van der Waals surface area contributed by atoms with E-state index in [1.54, 1.807) is 37.3 Å². The second kappa shape index (κ2) is 9.89. The van der Waals surface area contributed by atoms with Crippen LogP contribution in [0.4, 0.5) is 18.9 Å². The molecule has 0 aliphatic heterocycles. The lowest BCUT2D eigenvalue weighted by atomic mass is 10.0. The van der Waals surface area contributed by atoms with Gasteiger partial charge in [0.05, 0.1) is 12.2 Å². The molecule has 0 saturated heterocycles. The first-order valence-electron chi connectivity index (χ1n) is 10.7. The summed E-state index contributed by atoms with van der Waals surface area (Å²) in [6.45, 7) is 1.81. The van der Waals surface area contributed by atoms with E-state index >= 15 is 0 Å². The van der Waals surface area contributed by atoms with Gasteiger partial charge >= 0.3 is 12.1 Å². The second-order valence-corrected chi connectivity index (χ2v) is 7.48. The molecule has 0 bridgehead atoms. The van der Waals surface area contributed by atoms with Gasteiger partial charge in [-0.15, -0.1) is 0 Å². The Labute approximate surface area is 199 Å². The fraction of sp³-hybridized carbons (Fsp3) is 0.111. The van der Waals surface area contributed by atoms with Crippen molar-refractivity contribution in [2.24, 2.45) is 4.99 Å². The highest BCUT2D eigenvalue weighted by Gasteiger charge is 2.31. The van der Waals surface area contributed by atoms with Gasteiger partial charge in [0.2, 0.25) is 0 Å². The minimum absolute atomic E-state index is 0.00859. The van der Waals surface area contributed by atoms with Gasteiger partial charge in [0.15, 0.2) is 5.75 Å². The number of fused-ring (bicyclic) bond motifs is 1. The number of halogens is 3. The third-order valence-corrected chi connectivity index (χ3v) is 5.17. The zero-order valence-corrected chi connectivity index (χ0v) is 18.5. The molecule has 0 spiro atoms. The van der Waals surface area contributed by atoms with Gasteiger partial charge in [0, 0.05) is 11.8 Å². The van der Waals surface area contributed by atoms with E-state index in [9.17, 15) is 23.1 Å². The fourth-order valence-electron chi connectivity index (χ4n) is 3.49. The normalized spacial score (nSPS) is 11.7. The predicted molar refractivity (Wildman–Crippen MR) is 127 cm³/mol. The number of hydrogen-bond acceptors (Lipinski definition) is 5. The van der Waals surface area contributed by atoms with Crippen molar-refractivity contribution in [1.29, 1.82) is 0 Å². The van der Waals surface area contributed by atoms with Crippen LogP contribution in [0.15, 0.2) is 83.9 Å². The number of ether oxygens (including phenoxy) is 2. The Hall–Kier alpha value is -4.33. The lowest BCUT2D eigenvalue weighted by Crippen LogP contribution is -2.07. The molecule has 0 aliphatic carbocycles. The number of aromatic hydroxyl groups is 1. The number of esters is 1. The van der Waals surface area contributed by atoms with Gasteiger partial charge < -0.3 is 14.6 Å². The van der Waals surface area contributed by atoms with Crippen molar-refractivity contribution < 1.29 is 32.5 Å². The SMILES string of the molecule is CCOC(=O)c1ccccc1Oc1ccc(C(F)(F)F)cc1N=Cc1c(O)ccc2ccccc12. The van der Waals surface area contributed by atoms with E-state index in [0.717, 1.165) is 23.6 Å². The Kier molecular flexibility index (Phi) is 6.73. The van der Waals surface area contributed by atoms with Gasteiger partial charge in [-0.05, 0) is 54.1 Å². The monoisotopic (exact) mass is 479 g/mol. The lowest BCUT2D eigenvalue weighted by Gasteiger charge is -2.14. The molecule has 8 heteroatoms. The first kappa shape index (κ1) is 23.8. The van der Waals surface area contributed by atoms with E-state index in [0.29, 0.717) is 10.9 Å². The number of carbonyl (C=O) groups excluding carboxylic acids is 1. The number of phenolic OH excluding ortho intramolecular Hbond substituents is 1. The van der Waals surface area contributed by atoms with Gasteiger partial charge in [-0.1, -0.05) is 42.5 Å². The fourth-order valence-corrected chi connectivity index (χ4v) is 3.49. The maximum Gasteiger partial charge on any atom is 0.416 e. The molecule has 178 valence electrons. The number of carbonyl (C=O) groups is 1. The summed E-state index contributed by atoms with van der Waals surface area (Å²) in [4.78, 5) is 16.5. The van der Waals surface area contributed by atoms with E-state index in [2.05, 4.69) is 4.99 Å². The number of benzene rings is 4.